The fourth-order valence-corrected chi connectivity index (χ4v) is 2.26. The molecule has 0 amide bonds. The van der Waals surface area contributed by atoms with Crippen LogP contribution in [0.1, 0.15) is 10.4 Å². The van der Waals surface area contributed by atoms with Crippen LogP contribution in [0, 0.1) is 5.82 Å². The molecule has 1 aliphatic heterocycles. The minimum atomic E-state index is -0.462. The van der Waals surface area contributed by atoms with Crippen molar-refractivity contribution < 1.29 is 23.4 Å². The number of halogens is 2. The van der Waals surface area contributed by atoms with Gasteiger partial charge in [0.2, 0.25) is 0 Å². The summed E-state index contributed by atoms with van der Waals surface area (Å²) in [6.07, 6.45) is 0. The Labute approximate surface area is 131 Å². The smallest absolute Gasteiger partial charge is 0.200 e. The minimum absolute atomic E-state index is 0.120. The summed E-state index contributed by atoms with van der Waals surface area (Å²) in [5.41, 5.74) is 0.447. The number of hydrogen-bond donors (Lipinski definition) is 0. The van der Waals surface area contributed by atoms with E-state index in [0.717, 1.165) is 6.07 Å². The first-order valence-electron chi connectivity index (χ1n) is 6.64. The zero-order valence-corrected chi connectivity index (χ0v) is 12.2. The standard InChI is InChI=1S/C16H12ClFO4/c17-12-8-11(18)2-4-14(12)22-9-13(19)10-1-3-15-16(7-10)21-6-5-20-15/h1-4,7-8H,5-6,9H2. The van der Waals surface area contributed by atoms with Gasteiger partial charge in [0.05, 0.1) is 5.02 Å². The summed E-state index contributed by atoms with van der Waals surface area (Å²) >= 11 is 5.84. The Morgan fingerprint density at radius 1 is 1.14 bits per heavy atom. The molecule has 0 radical (unpaired) electrons. The van der Waals surface area contributed by atoms with Gasteiger partial charge in [0, 0.05) is 5.56 Å². The molecular formula is C16H12ClFO4. The van der Waals surface area contributed by atoms with Gasteiger partial charge in [-0.2, -0.15) is 0 Å². The van der Waals surface area contributed by atoms with Gasteiger partial charge in [-0.3, -0.25) is 4.79 Å². The number of Topliss-reactive ketones (excluding diaryl/α,β-unsaturated/α-hetero) is 1. The lowest BCUT2D eigenvalue weighted by Crippen LogP contribution is -2.17. The zero-order chi connectivity index (χ0) is 15.5. The van der Waals surface area contributed by atoms with Crippen LogP contribution in [0.5, 0.6) is 17.2 Å². The van der Waals surface area contributed by atoms with Crippen LogP contribution in [0.3, 0.4) is 0 Å². The van der Waals surface area contributed by atoms with Crippen molar-refractivity contribution in [3.05, 3.63) is 52.8 Å². The molecular weight excluding hydrogens is 311 g/mol. The molecule has 0 bridgehead atoms. The van der Waals surface area contributed by atoms with Crippen LogP contribution < -0.4 is 14.2 Å². The van der Waals surface area contributed by atoms with Crippen LogP contribution >= 0.6 is 11.6 Å². The second-order valence-corrected chi connectivity index (χ2v) is 5.05. The number of carbonyl (C=O) groups excluding carboxylic acids is 1. The second-order valence-electron chi connectivity index (χ2n) is 4.65. The first-order chi connectivity index (χ1) is 10.6. The molecule has 0 fully saturated rings. The molecule has 0 spiro atoms. The Morgan fingerprint density at radius 2 is 1.91 bits per heavy atom. The average molecular weight is 323 g/mol. The maximum Gasteiger partial charge on any atom is 0.200 e. The molecule has 1 aliphatic rings. The lowest BCUT2D eigenvalue weighted by Gasteiger charge is -2.18. The van der Waals surface area contributed by atoms with Gasteiger partial charge in [-0.15, -0.1) is 0 Å². The van der Waals surface area contributed by atoms with E-state index in [1.165, 1.54) is 12.1 Å². The second kappa shape index (κ2) is 6.23. The normalized spacial score (nSPS) is 12.8. The molecule has 0 N–H and O–H groups in total. The first kappa shape index (κ1) is 14.7. The van der Waals surface area contributed by atoms with E-state index < -0.39 is 5.82 Å². The SMILES string of the molecule is O=C(COc1ccc(F)cc1Cl)c1ccc2c(c1)OCCO2. The van der Waals surface area contributed by atoms with Gasteiger partial charge in [0.15, 0.2) is 23.9 Å². The molecule has 1 heterocycles. The van der Waals surface area contributed by atoms with Gasteiger partial charge in [0.1, 0.15) is 24.8 Å². The number of ether oxygens (including phenoxy) is 3. The van der Waals surface area contributed by atoms with Crippen molar-refractivity contribution in [1.82, 2.24) is 0 Å². The van der Waals surface area contributed by atoms with Crippen molar-refractivity contribution >= 4 is 17.4 Å². The highest BCUT2D eigenvalue weighted by atomic mass is 35.5. The van der Waals surface area contributed by atoms with Crippen molar-refractivity contribution in [2.24, 2.45) is 0 Å². The van der Waals surface area contributed by atoms with Gasteiger partial charge in [0.25, 0.3) is 0 Å². The third-order valence-electron chi connectivity index (χ3n) is 3.12. The Bertz CT molecular complexity index is 717. The lowest BCUT2D eigenvalue weighted by molar-refractivity contribution is 0.0920. The van der Waals surface area contributed by atoms with Crippen LogP contribution in [0.25, 0.3) is 0 Å². The monoisotopic (exact) mass is 322 g/mol. The summed E-state index contributed by atoms with van der Waals surface area (Å²) in [6, 6.07) is 8.68. The van der Waals surface area contributed by atoms with E-state index >= 15 is 0 Å². The zero-order valence-electron chi connectivity index (χ0n) is 11.5. The minimum Gasteiger partial charge on any atom is -0.486 e. The highest BCUT2D eigenvalue weighted by Crippen LogP contribution is 2.31. The van der Waals surface area contributed by atoms with Crippen molar-refractivity contribution in [2.75, 3.05) is 19.8 Å². The number of hydrogen-bond acceptors (Lipinski definition) is 4. The number of benzene rings is 2. The molecule has 0 saturated carbocycles. The predicted molar refractivity (Wildman–Crippen MR) is 78.7 cm³/mol. The highest BCUT2D eigenvalue weighted by Gasteiger charge is 2.15. The molecule has 0 unspecified atom stereocenters. The van der Waals surface area contributed by atoms with Gasteiger partial charge in [-0.05, 0) is 36.4 Å². The van der Waals surface area contributed by atoms with Crippen LogP contribution in [0.2, 0.25) is 5.02 Å². The average Bonchev–Trinajstić information content (AvgIpc) is 2.53. The first-order valence-corrected chi connectivity index (χ1v) is 7.02. The molecule has 3 rings (SSSR count). The molecule has 2 aromatic rings. The number of rotatable bonds is 4. The van der Waals surface area contributed by atoms with Gasteiger partial charge < -0.3 is 14.2 Å². The van der Waals surface area contributed by atoms with Crippen molar-refractivity contribution in [3.8, 4) is 17.2 Å². The lowest BCUT2D eigenvalue weighted by atomic mass is 10.1. The van der Waals surface area contributed by atoms with Crippen LogP contribution in [-0.4, -0.2) is 25.6 Å². The molecule has 2 aromatic carbocycles. The molecule has 0 aromatic heterocycles. The topological polar surface area (TPSA) is 44.8 Å². The third-order valence-corrected chi connectivity index (χ3v) is 3.41. The van der Waals surface area contributed by atoms with Crippen LogP contribution in [0.4, 0.5) is 4.39 Å². The van der Waals surface area contributed by atoms with Crippen LogP contribution in [0.15, 0.2) is 36.4 Å². The van der Waals surface area contributed by atoms with Crippen molar-refractivity contribution in [2.45, 2.75) is 0 Å². The fourth-order valence-electron chi connectivity index (χ4n) is 2.04. The maximum atomic E-state index is 12.9. The Balaban J connectivity index is 1.69. The Kier molecular flexibility index (Phi) is 4.15. The van der Waals surface area contributed by atoms with Gasteiger partial charge in [-0.1, -0.05) is 11.6 Å². The maximum absolute atomic E-state index is 12.9. The van der Waals surface area contributed by atoms with Crippen molar-refractivity contribution in [3.63, 3.8) is 0 Å². The molecule has 114 valence electrons. The molecule has 22 heavy (non-hydrogen) atoms. The van der Waals surface area contributed by atoms with E-state index in [1.807, 2.05) is 0 Å². The van der Waals surface area contributed by atoms with E-state index in [2.05, 4.69) is 0 Å². The summed E-state index contributed by atoms with van der Waals surface area (Å²) < 4.78 is 29.1. The van der Waals surface area contributed by atoms with Crippen molar-refractivity contribution in [1.29, 1.82) is 0 Å². The largest absolute Gasteiger partial charge is 0.486 e. The molecule has 0 saturated heterocycles. The molecule has 4 nitrogen and oxygen atoms in total. The van der Waals surface area contributed by atoms with E-state index in [4.69, 9.17) is 25.8 Å². The van der Waals surface area contributed by atoms with Crippen LogP contribution in [-0.2, 0) is 0 Å². The Morgan fingerprint density at radius 3 is 2.68 bits per heavy atom. The highest BCUT2D eigenvalue weighted by molar-refractivity contribution is 6.32. The summed E-state index contributed by atoms with van der Waals surface area (Å²) in [4.78, 5) is 12.1. The van der Waals surface area contributed by atoms with E-state index in [1.54, 1.807) is 18.2 Å². The summed E-state index contributed by atoms with van der Waals surface area (Å²) in [6.45, 7) is 0.740. The quantitative estimate of drug-likeness (QED) is 0.808. The van der Waals surface area contributed by atoms with Gasteiger partial charge >= 0.3 is 0 Å². The van der Waals surface area contributed by atoms with E-state index in [9.17, 15) is 9.18 Å². The van der Waals surface area contributed by atoms with E-state index in [0.29, 0.717) is 30.3 Å². The molecule has 6 heteroatoms. The Hall–Kier alpha value is -2.27. The number of fused-ring (bicyclic) bond motifs is 1. The third kappa shape index (κ3) is 3.14. The summed E-state index contributed by atoms with van der Waals surface area (Å²) in [5, 5.41) is 0.120. The van der Waals surface area contributed by atoms with Gasteiger partial charge in [-0.25, -0.2) is 4.39 Å². The fraction of sp³-hybridized carbons (Fsp3) is 0.188. The molecule has 0 atom stereocenters. The predicted octanol–water partition coefficient (Wildman–Crippen LogP) is 3.51. The summed E-state index contributed by atoms with van der Waals surface area (Å²) in [7, 11) is 0. The number of carbonyl (C=O) groups is 1. The summed E-state index contributed by atoms with van der Waals surface area (Å²) in [5.74, 6) is 0.712. The number of ketones is 1. The molecule has 0 aliphatic carbocycles. The van der Waals surface area contributed by atoms with E-state index in [-0.39, 0.29) is 23.2 Å².